The number of rotatable bonds is 4. The van der Waals surface area contributed by atoms with Gasteiger partial charge in [0.05, 0.1) is 35.4 Å². The largest absolute Gasteiger partial charge is 0.405 e. The van der Waals surface area contributed by atoms with E-state index < -0.39 is 18.8 Å². The van der Waals surface area contributed by atoms with E-state index in [9.17, 15) is 23.2 Å². The number of amides is 2. The average Bonchev–Trinajstić information content (AvgIpc) is 3.24. The summed E-state index contributed by atoms with van der Waals surface area (Å²) in [5.41, 5.74) is 2.21. The Balaban J connectivity index is 1.57. The highest BCUT2D eigenvalue weighted by atomic mass is 19.4. The van der Waals surface area contributed by atoms with Crippen molar-refractivity contribution in [3.8, 4) is 6.07 Å². The summed E-state index contributed by atoms with van der Waals surface area (Å²) < 4.78 is 39.0. The molecule has 2 N–H and O–H groups in total. The highest BCUT2D eigenvalue weighted by Gasteiger charge is 2.41. The average molecular weight is 432 g/mol. The van der Waals surface area contributed by atoms with Crippen molar-refractivity contribution in [2.45, 2.75) is 37.5 Å². The number of aryl methyl sites for hydroxylation is 1. The molecule has 2 amide bonds. The minimum atomic E-state index is -4.47. The molecule has 2 aliphatic heterocycles. The smallest absolute Gasteiger partial charge is 0.329 e. The molecule has 0 spiro atoms. The lowest BCUT2D eigenvalue weighted by Gasteiger charge is -2.34. The normalized spacial score (nSPS) is 20.2. The molecule has 162 valence electrons. The first-order chi connectivity index (χ1) is 14.7. The Kier molecular flexibility index (Phi) is 5.26. The van der Waals surface area contributed by atoms with E-state index in [0.29, 0.717) is 36.6 Å². The molecule has 0 aliphatic carbocycles. The van der Waals surface area contributed by atoms with Crippen molar-refractivity contribution in [1.29, 1.82) is 5.26 Å². The van der Waals surface area contributed by atoms with Gasteiger partial charge in [-0.1, -0.05) is 6.08 Å². The topological polar surface area (TPSA) is 112 Å². The summed E-state index contributed by atoms with van der Waals surface area (Å²) in [5.74, 6) is 0.292. The van der Waals surface area contributed by atoms with E-state index >= 15 is 0 Å². The van der Waals surface area contributed by atoms with Crippen molar-refractivity contribution in [2.24, 2.45) is 7.05 Å². The number of hydrogen-bond acceptors (Lipinski definition) is 6. The number of fused-ring (bicyclic) bond motifs is 2. The van der Waals surface area contributed by atoms with E-state index in [1.54, 1.807) is 24.1 Å². The second kappa shape index (κ2) is 7.90. The van der Waals surface area contributed by atoms with Crippen LogP contribution in [-0.4, -0.2) is 55.5 Å². The number of nitriles is 1. The van der Waals surface area contributed by atoms with Gasteiger partial charge in [0.2, 0.25) is 5.95 Å². The predicted molar refractivity (Wildman–Crippen MR) is 104 cm³/mol. The molecule has 0 aromatic carbocycles. The van der Waals surface area contributed by atoms with E-state index in [0.717, 1.165) is 5.57 Å². The fourth-order valence-corrected chi connectivity index (χ4v) is 3.97. The summed E-state index contributed by atoms with van der Waals surface area (Å²) in [7, 11) is 1.77. The van der Waals surface area contributed by atoms with Crippen LogP contribution in [0.3, 0.4) is 0 Å². The highest BCUT2D eigenvalue weighted by molar-refractivity contribution is 5.79. The molecule has 1 fully saturated rings. The van der Waals surface area contributed by atoms with Gasteiger partial charge in [0, 0.05) is 19.3 Å². The van der Waals surface area contributed by atoms with Crippen LogP contribution in [0, 0.1) is 11.3 Å². The van der Waals surface area contributed by atoms with Gasteiger partial charge in [-0.3, -0.25) is 4.68 Å². The molecule has 2 atom stereocenters. The van der Waals surface area contributed by atoms with Crippen LogP contribution in [0.5, 0.6) is 0 Å². The predicted octanol–water partition coefficient (Wildman–Crippen LogP) is 2.72. The first kappa shape index (κ1) is 20.6. The molecule has 2 aliphatic rings. The third-order valence-corrected chi connectivity index (χ3v) is 5.24. The van der Waals surface area contributed by atoms with Crippen LogP contribution in [0.2, 0.25) is 0 Å². The van der Waals surface area contributed by atoms with E-state index in [1.807, 2.05) is 11.4 Å². The molecule has 0 radical (unpaired) electrons. The Labute approximate surface area is 175 Å². The van der Waals surface area contributed by atoms with Gasteiger partial charge in [0.1, 0.15) is 12.6 Å². The van der Waals surface area contributed by atoms with Crippen LogP contribution in [0.4, 0.5) is 29.6 Å². The number of halogens is 3. The fraction of sp³-hybridized carbons (Fsp3) is 0.421. The lowest BCUT2D eigenvalue weighted by atomic mass is 9.96. The Morgan fingerprint density at radius 1 is 1.35 bits per heavy atom. The minimum Gasteiger partial charge on any atom is -0.329 e. The number of carbonyl (C=O) groups excluding carboxylic acids is 1. The van der Waals surface area contributed by atoms with E-state index in [1.165, 1.54) is 11.1 Å². The highest BCUT2D eigenvalue weighted by Crippen LogP contribution is 2.39. The molecule has 2 unspecified atom stereocenters. The van der Waals surface area contributed by atoms with Crippen LogP contribution in [0.25, 0.3) is 5.57 Å². The molecule has 9 nitrogen and oxygen atoms in total. The standard InChI is InChI=1S/C19H19F3N8O/c1-29-9-13(8-26-29)27-17-24-7-12(6-23)16(28-17)11-4-14-2-3-15(5-11)30(14)18(31)25-10-19(20,21)22/h4,7-9,14-15H,2-3,5,10H2,1H3,(H,25,31)(H,24,27,28). The number of carbonyl (C=O) groups is 1. The number of alkyl halides is 3. The van der Waals surface area contributed by atoms with Crippen molar-refractivity contribution in [3.63, 3.8) is 0 Å². The lowest BCUT2D eigenvalue weighted by molar-refractivity contribution is -0.123. The molecule has 2 aromatic rings. The number of urea groups is 1. The summed E-state index contributed by atoms with van der Waals surface area (Å²) >= 11 is 0. The molecule has 31 heavy (non-hydrogen) atoms. The van der Waals surface area contributed by atoms with E-state index in [4.69, 9.17) is 0 Å². The molecule has 4 heterocycles. The van der Waals surface area contributed by atoms with Crippen LogP contribution in [0.15, 0.2) is 24.7 Å². The zero-order valence-corrected chi connectivity index (χ0v) is 16.5. The van der Waals surface area contributed by atoms with Crippen LogP contribution in [-0.2, 0) is 7.05 Å². The van der Waals surface area contributed by atoms with E-state index in [2.05, 4.69) is 26.5 Å². The fourth-order valence-electron chi connectivity index (χ4n) is 3.97. The number of hydrogen-bond donors (Lipinski definition) is 2. The second-order valence-electron chi connectivity index (χ2n) is 7.47. The number of nitrogens with zero attached hydrogens (tertiary/aromatic N) is 6. The molecule has 12 heteroatoms. The molecule has 0 saturated carbocycles. The molecule has 2 aromatic heterocycles. The maximum absolute atomic E-state index is 12.5. The maximum atomic E-state index is 12.5. The Morgan fingerprint density at radius 2 is 2.16 bits per heavy atom. The molecule has 1 saturated heterocycles. The van der Waals surface area contributed by atoms with Gasteiger partial charge >= 0.3 is 12.2 Å². The zero-order chi connectivity index (χ0) is 22.2. The van der Waals surface area contributed by atoms with Gasteiger partial charge in [-0.05, 0) is 24.8 Å². The Morgan fingerprint density at radius 3 is 2.81 bits per heavy atom. The van der Waals surface area contributed by atoms with Crippen molar-refractivity contribution in [3.05, 3.63) is 35.9 Å². The van der Waals surface area contributed by atoms with Crippen molar-refractivity contribution < 1.29 is 18.0 Å². The quantitative estimate of drug-likeness (QED) is 0.769. The first-order valence-electron chi connectivity index (χ1n) is 9.60. The van der Waals surface area contributed by atoms with Crippen molar-refractivity contribution in [1.82, 2.24) is 30.0 Å². The Bertz CT molecular complexity index is 1070. The van der Waals surface area contributed by atoms with Crippen LogP contribution in [0.1, 0.15) is 30.5 Å². The molecule has 4 rings (SSSR count). The summed E-state index contributed by atoms with van der Waals surface area (Å²) in [6.07, 6.45) is 3.83. The number of nitrogens with one attached hydrogen (secondary N) is 2. The molecule has 2 bridgehead atoms. The van der Waals surface area contributed by atoms with Crippen LogP contribution >= 0.6 is 0 Å². The molecular formula is C19H19F3N8O. The zero-order valence-electron chi connectivity index (χ0n) is 16.5. The number of aromatic nitrogens is 4. The van der Waals surface area contributed by atoms with Crippen molar-refractivity contribution >= 4 is 23.2 Å². The summed E-state index contributed by atoms with van der Waals surface area (Å²) in [5, 5.41) is 18.5. The summed E-state index contributed by atoms with van der Waals surface area (Å²) in [4.78, 5) is 22.4. The third-order valence-electron chi connectivity index (χ3n) is 5.24. The second-order valence-corrected chi connectivity index (χ2v) is 7.47. The lowest BCUT2D eigenvalue weighted by Crippen LogP contribution is -2.50. The van der Waals surface area contributed by atoms with Gasteiger partial charge in [-0.25, -0.2) is 14.8 Å². The monoisotopic (exact) mass is 432 g/mol. The van der Waals surface area contributed by atoms with Gasteiger partial charge in [0.25, 0.3) is 0 Å². The number of anilines is 2. The van der Waals surface area contributed by atoms with Gasteiger partial charge in [-0.15, -0.1) is 0 Å². The van der Waals surface area contributed by atoms with Gasteiger partial charge in [0.15, 0.2) is 0 Å². The first-order valence-corrected chi connectivity index (χ1v) is 9.60. The maximum Gasteiger partial charge on any atom is 0.405 e. The van der Waals surface area contributed by atoms with Gasteiger partial charge < -0.3 is 15.5 Å². The summed E-state index contributed by atoms with van der Waals surface area (Å²) in [6, 6.07) is 0.743. The van der Waals surface area contributed by atoms with Crippen molar-refractivity contribution in [2.75, 3.05) is 11.9 Å². The van der Waals surface area contributed by atoms with Crippen LogP contribution < -0.4 is 10.6 Å². The van der Waals surface area contributed by atoms with E-state index in [-0.39, 0.29) is 17.6 Å². The van der Waals surface area contributed by atoms with Gasteiger partial charge in [-0.2, -0.15) is 23.5 Å². The summed E-state index contributed by atoms with van der Waals surface area (Å²) in [6.45, 7) is -1.37. The SMILES string of the molecule is Cn1cc(Nc2ncc(C#N)c(C3=CC4CCC(C3)N4C(=O)NCC(F)(F)F)n2)cn1. The Hall–Kier alpha value is -3.62. The minimum absolute atomic E-state index is 0.255. The third kappa shape index (κ3) is 4.45. The molecular weight excluding hydrogens is 413 g/mol.